The molecule has 0 fully saturated rings. The largest absolute Gasteiger partial charge is 0.451 e. The zero-order chi connectivity index (χ0) is 20.1. The quantitative estimate of drug-likeness (QED) is 0.442. The first-order valence-electron chi connectivity index (χ1n) is 9.57. The molecule has 1 aromatic rings. The predicted molar refractivity (Wildman–Crippen MR) is 103 cm³/mol. The Kier molecular flexibility index (Phi) is 6.23. The minimum Gasteiger partial charge on any atom is -0.451 e. The molecule has 1 N–H and O–H groups in total. The zero-order valence-corrected chi connectivity index (χ0v) is 15.9. The lowest BCUT2D eigenvalue weighted by Crippen LogP contribution is -2.40. The molecule has 28 heavy (non-hydrogen) atoms. The Labute approximate surface area is 163 Å². The molecular formula is C21H24N2O5. The SMILES string of the molecule is C[C@H](OC(=O)CN1C(=O)C(=O)c2ccccc21)C(=O)NCCC1=CCCCC1. The van der Waals surface area contributed by atoms with Gasteiger partial charge in [-0.15, -0.1) is 0 Å². The van der Waals surface area contributed by atoms with Gasteiger partial charge in [-0.3, -0.25) is 24.1 Å². The molecule has 7 nitrogen and oxygen atoms in total. The minimum atomic E-state index is -0.975. The van der Waals surface area contributed by atoms with E-state index in [0.29, 0.717) is 12.2 Å². The van der Waals surface area contributed by atoms with Crippen LogP contribution >= 0.6 is 0 Å². The molecule has 0 unspecified atom stereocenters. The highest BCUT2D eigenvalue weighted by atomic mass is 16.5. The van der Waals surface area contributed by atoms with Gasteiger partial charge in [-0.1, -0.05) is 23.8 Å². The Bertz CT molecular complexity index is 830. The van der Waals surface area contributed by atoms with Crippen LogP contribution in [-0.2, 0) is 19.1 Å². The highest BCUT2D eigenvalue weighted by Gasteiger charge is 2.37. The molecular weight excluding hydrogens is 360 g/mol. The van der Waals surface area contributed by atoms with E-state index in [1.807, 2.05) is 0 Å². The van der Waals surface area contributed by atoms with Crippen molar-refractivity contribution in [2.75, 3.05) is 18.0 Å². The molecule has 148 valence electrons. The number of allylic oxidation sites excluding steroid dienone is 1. The standard InChI is InChI=1S/C21H24N2O5/c1-14(20(26)22-12-11-15-7-3-2-4-8-15)28-18(24)13-23-17-10-6-5-9-16(17)19(25)21(23)27/h5-7,9-10,14H,2-4,8,11-13H2,1H3,(H,22,26)/t14-/m0/s1. The van der Waals surface area contributed by atoms with E-state index in [1.54, 1.807) is 24.3 Å². The Morgan fingerprint density at radius 3 is 2.75 bits per heavy atom. The smallest absolute Gasteiger partial charge is 0.326 e. The normalized spacial score (nSPS) is 17.0. The van der Waals surface area contributed by atoms with Crippen molar-refractivity contribution >= 4 is 29.3 Å². The number of anilines is 1. The first kappa shape index (κ1) is 19.8. The van der Waals surface area contributed by atoms with E-state index in [4.69, 9.17) is 4.74 Å². The third-order valence-corrected chi connectivity index (χ3v) is 4.97. The number of Topliss-reactive ketones (excluding diaryl/α,β-unsaturated/α-hetero) is 1. The number of para-hydroxylation sites is 1. The second-order valence-corrected chi connectivity index (χ2v) is 7.02. The van der Waals surface area contributed by atoms with Crippen LogP contribution in [0, 0.1) is 0 Å². The third-order valence-electron chi connectivity index (χ3n) is 4.97. The van der Waals surface area contributed by atoms with Crippen LogP contribution in [0.3, 0.4) is 0 Å². The maximum Gasteiger partial charge on any atom is 0.326 e. The summed E-state index contributed by atoms with van der Waals surface area (Å²) in [6.07, 6.45) is 6.63. The van der Waals surface area contributed by atoms with E-state index < -0.39 is 30.3 Å². The summed E-state index contributed by atoms with van der Waals surface area (Å²) in [7, 11) is 0. The van der Waals surface area contributed by atoms with Gasteiger partial charge in [0.2, 0.25) is 0 Å². The fourth-order valence-corrected chi connectivity index (χ4v) is 3.44. The number of nitrogens with one attached hydrogen (secondary N) is 1. The highest BCUT2D eigenvalue weighted by Crippen LogP contribution is 2.28. The van der Waals surface area contributed by atoms with E-state index in [9.17, 15) is 19.2 Å². The van der Waals surface area contributed by atoms with Gasteiger partial charge in [0.05, 0.1) is 11.3 Å². The van der Waals surface area contributed by atoms with Gasteiger partial charge in [0.15, 0.2) is 6.10 Å². The average molecular weight is 384 g/mol. The zero-order valence-electron chi connectivity index (χ0n) is 15.9. The summed E-state index contributed by atoms with van der Waals surface area (Å²) in [6.45, 7) is 1.57. The van der Waals surface area contributed by atoms with Crippen LogP contribution in [0.4, 0.5) is 5.69 Å². The lowest BCUT2D eigenvalue weighted by molar-refractivity contribution is -0.153. The number of hydrogen-bond acceptors (Lipinski definition) is 5. The van der Waals surface area contributed by atoms with Crippen LogP contribution in [0.2, 0.25) is 0 Å². The summed E-state index contributed by atoms with van der Waals surface area (Å²) in [5.41, 5.74) is 2.00. The topological polar surface area (TPSA) is 92.8 Å². The van der Waals surface area contributed by atoms with Crippen molar-refractivity contribution in [2.24, 2.45) is 0 Å². The number of hydrogen-bond donors (Lipinski definition) is 1. The maximum atomic E-state index is 12.2. The molecule has 0 saturated heterocycles. The summed E-state index contributed by atoms with van der Waals surface area (Å²) < 4.78 is 5.14. The molecule has 0 saturated carbocycles. The highest BCUT2D eigenvalue weighted by molar-refractivity contribution is 6.52. The summed E-state index contributed by atoms with van der Waals surface area (Å²) in [4.78, 5) is 49.4. The van der Waals surface area contributed by atoms with Gasteiger partial charge in [0.1, 0.15) is 6.54 Å². The van der Waals surface area contributed by atoms with Gasteiger partial charge in [-0.2, -0.15) is 0 Å². The number of ether oxygens (including phenoxy) is 1. The molecule has 0 radical (unpaired) electrons. The van der Waals surface area contributed by atoms with Gasteiger partial charge >= 0.3 is 5.97 Å². The Hall–Kier alpha value is -2.96. The Balaban J connectivity index is 1.47. The van der Waals surface area contributed by atoms with Gasteiger partial charge < -0.3 is 10.1 Å². The fraction of sp³-hybridized carbons (Fsp3) is 0.429. The molecule has 1 aliphatic heterocycles. The molecule has 0 bridgehead atoms. The van der Waals surface area contributed by atoms with Crippen LogP contribution < -0.4 is 10.2 Å². The van der Waals surface area contributed by atoms with Crippen LogP contribution in [-0.4, -0.2) is 42.8 Å². The number of benzene rings is 1. The van der Waals surface area contributed by atoms with E-state index in [0.717, 1.165) is 24.2 Å². The molecule has 1 aliphatic carbocycles. The fourth-order valence-electron chi connectivity index (χ4n) is 3.44. The maximum absolute atomic E-state index is 12.2. The predicted octanol–water partition coefficient (Wildman–Crippen LogP) is 2.15. The molecule has 1 atom stereocenters. The average Bonchev–Trinajstić information content (AvgIpc) is 2.94. The van der Waals surface area contributed by atoms with Crippen molar-refractivity contribution < 1.29 is 23.9 Å². The van der Waals surface area contributed by atoms with Gasteiger partial charge in [0.25, 0.3) is 17.6 Å². The molecule has 1 heterocycles. The monoisotopic (exact) mass is 384 g/mol. The van der Waals surface area contributed by atoms with Crippen molar-refractivity contribution in [1.82, 2.24) is 5.32 Å². The minimum absolute atomic E-state index is 0.267. The van der Waals surface area contributed by atoms with Gasteiger partial charge in [0, 0.05) is 6.54 Å². The first-order valence-corrected chi connectivity index (χ1v) is 9.57. The van der Waals surface area contributed by atoms with E-state index in [-0.39, 0.29) is 11.5 Å². The van der Waals surface area contributed by atoms with Crippen LogP contribution in [0.1, 0.15) is 49.4 Å². The second-order valence-electron chi connectivity index (χ2n) is 7.02. The van der Waals surface area contributed by atoms with Crippen LogP contribution in [0.15, 0.2) is 35.9 Å². The van der Waals surface area contributed by atoms with Crippen molar-refractivity contribution in [3.05, 3.63) is 41.5 Å². The molecule has 0 spiro atoms. The second kappa shape index (κ2) is 8.82. The summed E-state index contributed by atoms with van der Waals surface area (Å²) in [6, 6.07) is 6.47. The number of nitrogens with zero attached hydrogens (tertiary/aromatic N) is 1. The van der Waals surface area contributed by atoms with E-state index in [2.05, 4.69) is 11.4 Å². The number of fused-ring (bicyclic) bond motifs is 1. The third kappa shape index (κ3) is 4.47. The number of esters is 1. The summed E-state index contributed by atoms with van der Waals surface area (Å²) >= 11 is 0. The number of ketones is 1. The summed E-state index contributed by atoms with van der Waals surface area (Å²) in [5, 5.41) is 2.77. The lowest BCUT2D eigenvalue weighted by atomic mass is 9.97. The first-order chi connectivity index (χ1) is 13.5. The molecule has 1 aromatic carbocycles. The number of amides is 2. The number of carbonyl (C=O) groups excluding carboxylic acids is 4. The molecule has 2 aliphatic rings. The Morgan fingerprint density at radius 1 is 1.21 bits per heavy atom. The lowest BCUT2D eigenvalue weighted by Gasteiger charge is -2.18. The van der Waals surface area contributed by atoms with E-state index in [1.165, 1.54) is 25.3 Å². The van der Waals surface area contributed by atoms with Crippen molar-refractivity contribution in [2.45, 2.75) is 45.1 Å². The summed E-state index contributed by atoms with van der Waals surface area (Å²) in [5.74, 6) is -2.54. The molecule has 7 heteroatoms. The molecule has 2 amide bonds. The van der Waals surface area contributed by atoms with Crippen LogP contribution in [0.5, 0.6) is 0 Å². The van der Waals surface area contributed by atoms with Gasteiger partial charge in [-0.05, 0) is 51.2 Å². The van der Waals surface area contributed by atoms with Crippen molar-refractivity contribution in [3.8, 4) is 0 Å². The molecule has 3 rings (SSSR count). The van der Waals surface area contributed by atoms with Gasteiger partial charge in [-0.25, -0.2) is 0 Å². The molecule has 0 aromatic heterocycles. The Morgan fingerprint density at radius 2 is 2.00 bits per heavy atom. The van der Waals surface area contributed by atoms with Crippen molar-refractivity contribution in [3.63, 3.8) is 0 Å². The van der Waals surface area contributed by atoms with Crippen LogP contribution in [0.25, 0.3) is 0 Å². The van der Waals surface area contributed by atoms with E-state index >= 15 is 0 Å². The van der Waals surface area contributed by atoms with Crippen molar-refractivity contribution in [1.29, 1.82) is 0 Å². The number of carbonyl (C=O) groups is 4. The number of rotatable bonds is 7.